The van der Waals surface area contributed by atoms with E-state index < -0.39 is 121 Å². The van der Waals surface area contributed by atoms with Crippen LogP contribution in [0.2, 0.25) is 0 Å². The molecular weight excluding hydrogens is 1710 g/mol. The lowest BCUT2D eigenvalue weighted by Crippen LogP contribution is -2.50. The molecule has 0 unspecified atom stereocenters. The average molecular weight is 1860 g/mol. The molecule has 29 nitrogen and oxygen atoms in total. The molecule has 14 rings (SSSR count). The van der Waals surface area contributed by atoms with Crippen molar-refractivity contribution in [3.63, 3.8) is 0 Å². The third-order valence-corrected chi connectivity index (χ3v) is 28.1. The summed E-state index contributed by atoms with van der Waals surface area (Å²) in [7, 11) is 26.3. The molecule has 0 aromatic heterocycles. The van der Waals surface area contributed by atoms with Crippen LogP contribution in [0.5, 0.6) is 0 Å². The predicted octanol–water partition coefficient (Wildman–Crippen LogP) is 4.54. The number of piperidine rings is 7. The van der Waals surface area contributed by atoms with Crippen LogP contribution >= 0.6 is 0 Å². The van der Waals surface area contributed by atoms with Crippen LogP contribution in [0.1, 0.15) is 135 Å². The molecule has 0 saturated carbocycles. The van der Waals surface area contributed by atoms with E-state index in [1.807, 2.05) is 49.3 Å². The lowest BCUT2D eigenvalue weighted by molar-refractivity contribution is -0.147. The molecule has 0 aromatic carbocycles. The van der Waals surface area contributed by atoms with Gasteiger partial charge in [-0.2, -0.15) is 0 Å². The molecule has 7 atom stereocenters. The second-order valence-electron chi connectivity index (χ2n) is 38.8. The van der Waals surface area contributed by atoms with Crippen LogP contribution in [0.3, 0.4) is 0 Å². The predicted molar refractivity (Wildman–Crippen MR) is 456 cm³/mol. The minimum absolute atomic E-state index is 0.0529. The molecule has 5 N–H and O–H groups in total. The molecule has 14 heterocycles. The second kappa shape index (κ2) is 46.8. The number of carbonyl (C=O) groups excluding carboxylic acids is 7. The van der Waals surface area contributed by atoms with Gasteiger partial charge in [-0.1, -0.05) is 0 Å². The molecule has 14 fully saturated rings. The van der Waals surface area contributed by atoms with Gasteiger partial charge in [-0.3, -0.25) is 72.7 Å². The van der Waals surface area contributed by atoms with Crippen LogP contribution in [0.25, 0.3) is 0 Å². The Labute approximate surface area is 747 Å². The van der Waals surface area contributed by atoms with Crippen molar-refractivity contribution in [3.8, 4) is 0 Å². The lowest BCUT2D eigenvalue weighted by atomic mass is 10.0. The molecule has 14 aliphatic heterocycles. The number of likely N-dealkylation sites (tertiary alicyclic amines) is 14. The maximum Gasteiger partial charge on any atom is 0.323 e. The fourth-order valence-corrected chi connectivity index (χ4v) is 20.8. The average Bonchev–Trinajstić information content (AvgIpc) is 1.31. The van der Waals surface area contributed by atoms with Crippen LogP contribution in [0, 0.1) is 0 Å². The van der Waals surface area contributed by atoms with E-state index in [4.69, 9.17) is 5.73 Å². The standard InChI is InChI=1S/2C13H23F2N3O.C12H21F2N3O2.2C12H21F2N3O.C12H20F2N2O2.C11H19F2N3O/c2*1-16(2)12(19)11-8-13(14,15)9-18(11)10-4-6-17(3)7-5-10;1-16-5-3-9(4-6-16)17-8-12(13,14)7-10(17)11(18)15-19-2;2*1-15-11(18)10-7-12(13,14)8-17(10)9-3-5-16(2)6-4-9;1-15-5-3-9(4-6-15)16-8-12(13,14)7-10(16)11(17)18-2;1-15-4-2-8(3-5-15)16-7-11(12,13)6-9(16)10(14)17/h2*10-11H,4-9H2,1-3H3;9-10H,3-8H2,1-2H3,(H,15,18);2*9-10H,3-8H2,1-2H3,(H,15,18);9-10H,3-8H2,1-2H3;8-9H,2-7H2,1H3,(H2,14,17)/t2*11-;4*10-;9-/m1011011/s1. The van der Waals surface area contributed by atoms with Crippen LogP contribution in [-0.2, 0) is 43.1 Å². The number of nitrogens with one attached hydrogen (secondary N) is 3. The molecule has 43 heteroatoms. The highest BCUT2D eigenvalue weighted by atomic mass is 19.3. The van der Waals surface area contributed by atoms with Gasteiger partial charge in [0.15, 0.2) is 0 Å². The number of halogens is 14. The van der Waals surface area contributed by atoms with E-state index in [0.29, 0.717) is 0 Å². The van der Waals surface area contributed by atoms with Crippen molar-refractivity contribution in [1.29, 1.82) is 0 Å². The SMILES string of the molecule is CN1CCC(N2CC(F)(F)C[C@@H]2C(=O)N(C)C)CC1.CN1CCC(N2CC(F)(F)C[C@@H]2C(N)=O)CC1.CN1CCC(N2CC(F)(F)C[C@H]2C(=O)N(C)C)CC1.CNC(=O)[C@@H]1CC(F)(F)CN1C1CCN(C)CC1.CNC(=O)[C@H]1CC(F)(F)CN1C1CCN(C)CC1.COC(=O)[C@H]1CC(F)(F)CN1C1CCN(C)CC1.CONC(=O)[C@H]1CC(F)(F)CN1C1CCN(C)CC1. The van der Waals surface area contributed by atoms with Crippen molar-refractivity contribution >= 4 is 41.4 Å². The summed E-state index contributed by atoms with van der Waals surface area (Å²) in [5, 5.41) is 5.00. The summed E-state index contributed by atoms with van der Waals surface area (Å²) >= 11 is 0. The van der Waals surface area contributed by atoms with Crippen molar-refractivity contribution < 1.29 is 105 Å². The molecule has 0 spiro atoms. The maximum atomic E-state index is 13.7. The number of hydrogen-bond donors (Lipinski definition) is 4. The first-order valence-corrected chi connectivity index (χ1v) is 45.5. The van der Waals surface area contributed by atoms with Gasteiger partial charge in [0.1, 0.15) is 6.04 Å². The smallest absolute Gasteiger partial charge is 0.323 e. The zero-order chi connectivity index (χ0) is 95.1. The van der Waals surface area contributed by atoms with Gasteiger partial charge >= 0.3 is 5.97 Å². The topological polar surface area (TPSA) is 252 Å². The molecule has 6 amide bonds. The fraction of sp³-hybridized carbons (Fsp3) is 0.918. The highest BCUT2D eigenvalue weighted by Crippen LogP contribution is 2.43. The highest BCUT2D eigenvalue weighted by molar-refractivity contribution is 5.84. The summed E-state index contributed by atoms with van der Waals surface area (Å²) in [5.41, 5.74) is 7.40. The molecule has 0 bridgehead atoms. The van der Waals surface area contributed by atoms with Crippen molar-refractivity contribution in [3.05, 3.63) is 0 Å². The summed E-state index contributed by atoms with van der Waals surface area (Å²) < 4.78 is 195. The Bertz CT molecular complexity index is 3300. The molecule has 14 saturated heterocycles. The number of likely N-dealkylation sites (N-methyl/N-ethyl adjacent to an activating group) is 4. The normalized spacial score (nSPS) is 30.3. The number of nitrogens with two attached hydrogens (primary N) is 1. The van der Waals surface area contributed by atoms with Gasteiger partial charge in [-0.05, 0) is 231 Å². The van der Waals surface area contributed by atoms with Gasteiger partial charge in [0.2, 0.25) is 29.5 Å². The summed E-state index contributed by atoms with van der Waals surface area (Å²) in [6.45, 7) is 10.5. The van der Waals surface area contributed by atoms with E-state index in [1.54, 1.807) is 62.5 Å². The zero-order valence-corrected chi connectivity index (χ0v) is 78.0. The third-order valence-electron chi connectivity index (χ3n) is 28.1. The molecule has 0 aliphatic carbocycles. The molecule has 14 aliphatic rings. The summed E-state index contributed by atoms with van der Waals surface area (Å²) in [6.07, 6.45) is 9.25. The number of ether oxygens (including phenoxy) is 1. The van der Waals surface area contributed by atoms with Crippen molar-refractivity contribution in [2.24, 2.45) is 5.73 Å². The molecule has 0 radical (unpaired) electrons. The number of carbonyl (C=O) groups is 7. The van der Waals surface area contributed by atoms with Gasteiger partial charge in [0, 0.05) is 130 Å². The maximum absolute atomic E-state index is 13.7. The first kappa shape index (κ1) is 108. The number of rotatable bonds is 15. The molecule has 0 aromatic rings. The van der Waals surface area contributed by atoms with Gasteiger partial charge in [-0.15, -0.1) is 0 Å². The highest BCUT2D eigenvalue weighted by Gasteiger charge is 2.58. The Hall–Kier alpha value is -5.29. The molecule has 740 valence electrons. The second-order valence-corrected chi connectivity index (χ2v) is 38.8. The Morgan fingerprint density at radius 3 is 0.648 bits per heavy atom. The zero-order valence-electron chi connectivity index (χ0n) is 78.0. The lowest BCUT2D eigenvalue weighted by Gasteiger charge is -2.37. The van der Waals surface area contributed by atoms with E-state index in [1.165, 1.54) is 38.1 Å². The number of methoxy groups -OCH3 is 1. The van der Waals surface area contributed by atoms with Crippen LogP contribution in [0.4, 0.5) is 61.5 Å². The summed E-state index contributed by atoms with van der Waals surface area (Å²) in [4.78, 5) is 117. The quantitative estimate of drug-likeness (QED) is 0.0998. The van der Waals surface area contributed by atoms with Crippen molar-refractivity contribution in [1.82, 2.24) is 94.5 Å². The Kier molecular flexibility index (Phi) is 39.5. The number of primary amides is 1. The first-order valence-electron chi connectivity index (χ1n) is 45.5. The largest absolute Gasteiger partial charge is 0.468 e. The van der Waals surface area contributed by atoms with Crippen LogP contribution in [-0.4, -0.2) is 489 Å². The van der Waals surface area contributed by atoms with E-state index >= 15 is 0 Å². The fourth-order valence-electron chi connectivity index (χ4n) is 20.8. The summed E-state index contributed by atoms with van der Waals surface area (Å²) in [6, 6.07) is -4.38. The van der Waals surface area contributed by atoms with Gasteiger partial charge in [0.05, 0.1) is 96.3 Å². The number of amides is 6. The van der Waals surface area contributed by atoms with Gasteiger partial charge < -0.3 is 65.2 Å². The Morgan fingerprint density at radius 1 is 0.289 bits per heavy atom. The first-order chi connectivity index (χ1) is 59.7. The van der Waals surface area contributed by atoms with Gasteiger partial charge in [0.25, 0.3) is 47.4 Å². The Balaban J connectivity index is 0.000000185. The minimum atomic E-state index is -2.79. The number of alkyl halides is 14. The number of nitrogens with zero attached hydrogens (tertiary/aromatic N) is 16. The van der Waals surface area contributed by atoms with E-state index in [2.05, 4.69) is 60.0 Å². The monoisotopic (exact) mass is 1860 g/mol. The van der Waals surface area contributed by atoms with Crippen LogP contribution < -0.4 is 21.8 Å². The number of esters is 1. The number of hydroxylamine groups is 1. The van der Waals surface area contributed by atoms with Crippen molar-refractivity contribution in [2.75, 3.05) is 243 Å². The third kappa shape index (κ3) is 31.1. The Morgan fingerprint density at radius 2 is 0.461 bits per heavy atom. The number of hydrogen-bond acceptors (Lipinski definition) is 23. The minimum Gasteiger partial charge on any atom is -0.468 e. The molecular formula is C85H148F14N20O9. The van der Waals surface area contributed by atoms with Crippen molar-refractivity contribution in [2.45, 2.75) is 261 Å². The van der Waals surface area contributed by atoms with Crippen LogP contribution in [0.15, 0.2) is 0 Å². The van der Waals surface area contributed by atoms with Gasteiger partial charge in [-0.25, -0.2) is 66.9 Å². The molecule has 128 heavy (non-hydrogen) atoms. The van der Waals surface area contributed by atoms with E-state index in [9.17, 15) is 95.0 Å². The van der Waals surface area contributed by atoms with E-state index in [-0.39, 0.29) is 137 Å². The van der Waals surface area contributed by atoms with E-state index in [0.717, 1.165) is 182 Å². The summed E-state index contributed by atoms with van der Waals surface area (Å²) in [5.74, 6) is -21.9.